The van der Waals surface area contributed by atoms with Crippen molar-refractivity contribution in [2.75, 3.05) is 13.1 Å². The molecule has 0 bridgehead atoms. The Bertz CT molecular complexity index is 279. The standard InChI is InChI=1S/C10H14N2.2BrH/c11-10-7-12-6-5-8-3-1-2-4-9(8)10;;/h1-4,10,12H,5-7,11H2;2*1H. The second-order valence-corrected chi connectivity index (χ2v) is 3.26. The Hall–Kier alpha value is 0.1000. The predicted octanol–water partition coefficient (Wildman–Crippen LogP) is 1.99. The molecule has 1 aromatic carbocycles. The summed E-state index contributed by atoms with van der Waals surface area (Å²) in [6.45, 7) is 1.95. The molecule has 2 nitrogen and oxygen atoms in total. The number of nitrogens with one attached hydrogen (secondary N) is 1. The maximum absolute atomic E-state index is 5.98. The molecular weight excluding hydrogens is 308 g/mol. The lowest BCUT2D eigenvalue weighted by Crippen LogP contribution is -2.25. The first-order chi connectivity index (χ1) is 5.88. The van der Waals surface area contributed by atoms with Crippen LogP contribution in [-0.4, -0.2) is 13.1 Å². The SMILES string of the molecule is Br.Br.NC1CNCCc2ccccc21. The number of hydrogen-bond acceptors (Lipinski definition) is 2. The van der Waals surface area contributed by atoms with Crippen molar-refractivity contribution in [3.63, 3.8) is 0 Å². The Labute approximate surface area is 106 Å². The zero-order chi connectivity index (χ0) is 8.39. The van der Waals surface area contributed by atoms with Gasteiger partial charge >= 0.3 is 0 Å². The molecule has 2 rings (SSSR count). The van der Waals surface area contributed by atoms with Gasteiger partial charge in [0.05, 0.1) is 0 Å². The van der Waals surface area contributed by atoms with E-state index in [-0.39, 0.29) is 40.0 Å². The molecule has 80 valence electrons. The Morgan fingerprint density at radius 3 is 2.71 bits per heavy atom. The fraction of sp³-hybridized carbons (Fsp3) is 0.400. The van der Waals surface area contributed by atoms with E-state index in [0.717, 1.165) is 19.5 Å². The minimum absolute atomic E-state index is 0. The summed E-state index contributed by atoms with van der Waals surface area (Å²) in [6, 6.07) is 8.61. The monoisotopic (exact) mass is 322 g/mol. The highest BCUT2D eigenvalue weighted by molar-refractivity contribution is 8.93. The van der Waals surface area contributed by atoms with Crippen molar-refractivity contribution < 1.29 is 0 Å². The number of benzene rings is 1. The first-order valence-corrected chi connectivity index (χ1v) is 4.42. The van der Waals surface area contributed by atoms with Crippen LogP contribution in [0.4, 0.5) is 0 Å². The molecule has 1 atom stereocenters. The van der Waals surface area contributed by atoms with E-state index in [1.54, 1.807) is 0 Å². The minimum atomic E-state index is 0. The van der Waals surface area contributed by atoms with Gasteiger partial charge in [0.2, 0.25) is 0 Å². The van der Waals surface area contributed by atoms with Crippen LogP contribution in [0.2, 0.25) is 0 Å². The smallest absolute Gasteiger partial charge is 0.0424 e. The highest BCUT2D eigenvalue weighted by atomic mass is 79.9. The van der Waals surface area contributed by atoms with E-state index in [9.17, 15) is 0 Å². The molecule has 0 saturated carbocycles. The highest BCUT2D eigenvalue weighted by Gasteiger charge is 2.12. The van der Waals surface area contributed by atoms with E-state index >= 15 is 0 Å². The second kappa shape index (κ2) is 6.56. The quantitative estimate of drug-likeness (QED) is 0.766. The molecule has 3 N–H and O–H groups in total. The molecule has 0 fully saturated rings. The average molecular weight is 324 g/mol. The third-order valence-corrected chi connectivity index (χ3v) is 2.39. The molecule has 0 saturated heterocycles. The van der Waals surface area contributed by atoms with Crippen LogP contribution in [0.15, 0.2) is 24.3 Å². The maximum atomic E-state index is 5.98. The van der Waals surface area contributed by atoms with Gasteiger partial charge in [0, 0.05) is 12.6 Å². The number of nitrogens with two attached hydrogens (primary N) is 1. The van der Waals surface area contributed by atoms with Gasteiger partial charge in [-0.1, -0.05) is 24.3 Å². The summed E-state index contributed by atoms with van der Waals surface area (Å²) in [6.07, 6.45) is 1.10. The molecule has 1 heterocycles. The topological polar surface area (TPSA) is 38.0 Å². The van der Waals surface area contributed by atoms with Crippen molar-refractivity contribution in [2.24, 2.45) is 5.73 Å². The molecule has 1 aromatic rings. The molecular formula is C10H16Br2N2. The van der Waals surface area contributed by atoms with E-state index in [1.165, 1.54) is 11.1 Å². The summed E-state index contributed by atoms with van der Waals surface area (Å²) in [4.78, 5) is 0. The average Bonchev–Trinajstić information content (AvgIpc) is 2.29. The fourth-order valence-corrected chi connectivity index (χ4v) is 1.71. The van der Waals surface area contributed by atoms with Crippen molar-refractivity contribution in [1.29, 1.82) is 0 Å². The predicted molar refractivity (Wildman–Crippen MR) is 70.6 cm³/mol. The van der Waals surface area contributed by atoms with Crippen LogP contribution >= 0.6 is 34.0 Å². The van der Waals surface area contributed by atoms with Gasteiger partial charge in [-0.2, -0.15) is 0 Å². The molecule has 0 aromatic heterocycles. The van der Waals surface area contributed by atoms with Crippen LogP contribution in [0.5, 0.6) is 0 Å². The van der Waals surface area contributed by atoms with E-state index in [1.807, 2.05) is 0 Å². The normalized spacial score (nSPS) is 19.6. The molecule has 1 aliphatic heterocycles. The highest BCUT2D eigenvalue weighted by Crippen LogP contribution is 2.17. The fourth-order valence-electron chi connectivity index (χ4n) is 1.71. The lowest BCUT2D eigenvalue weighted by molar-refractivity contribution is 0.626. The summed E-state index contributed by atoms with van der Waals surface area (Å²) in [7, 11) is 0. The Kier molecular flexibility index (Phi) is 6.61. The van der Waals surface area contributed by atoms with Gasteiger partial charge in [-0.05, 0) is 24.1 Å². The third-order valence-electron chi connectivity index (χ3n) is 2.39. The van der Waals surface area contributed by atoms with Crippen molar-refractivity contribution >= 4 is 34.0 Å². The second-order valence-electron chi connectivity index (χ2n) is 3.26. The van der Waals surface area contributed by atoms with Gasteiger partial charge < -0.3 is 11.1 Å². The van der Waals surface area contributed by atoms with Gasteiger partial charge in [0.15, 0.2) is 0 Å². The maximum Gasteiger partial charge on any atom is 0.0424 e. The van der Waals surface area contributed by atoms with Gasteiger partial charge in [-0.15, -0.1) is 34.0 Å². The molecule has 0 amide bonds. The van der Waals surface area contributed by atoms with Crippen molar-refractivity contribution in [3.8, 4) is 0 Å². The molecule has 0 spiro atoms. The van der Waals surface area contributed by atoms with E-state index in [2.05, 4.69) is 29.6 Å². The summed E-state index contributed by atoms with van der Waals surface area (Å²) >= 11 is 0. The van der Waals surface area contributed by atoms with E-state index < -0.39 is 0 Å². The summed E-state index contributed by atoms with van der Waals surface area (Å²) in [5, 5.41) is 3.32. The van der Waals surface area contributed by atoms with Gasteiger partial charge in [-0.3, -0.25) is 0 Å². The van der Waals surface area contributed by atoms with Crippen molar-refractivity contribution in [1.82, 2.24) is 5.32 Å². The van der Waals surface area contributed by atoms with Crippen LogP contribution in [0.1, 0.15) is 17.2 Å². The third kappa shape index (κ3) is 3.05. The summed E-state index contributed by atoms with van der Waals surface area (Å²) in [5.41, 5.74) is 8.69. The summed E-state index contributed by atoms with van der Waals surface area (Å²) in [5.74, 6) is 0. The lowest BCUT2D eigenvalue weighted by Gasteiger charge is -2.10. The minimum Gasteiger partial charge on any atom is -0.323 e. The molecule has 14 heavy (non-hydrogen) atoms. The van der Waals surface area contributed by atoms with Gasteiger partial charge in [-0.25, -0.2) is 0 Å². The van der Waals surface area contributed by atoms with Crippen LogP contribution in [0.3, 0.4) is 0 Å². The molecule has 0 radical (unpaired) electrons. The van der Waals surface area contributed by atoms with Crippen LogP contribution in [0.25, 0.3) is 0 Å². The van der Waals surface area contributed by atoms with Crippen LogP contribution in [-0.2, 0) is 6.42 Å². The Morgan fingerprint density at radius 2 is 1.93 bits per heavy atom. The summed E-state index contributed by atoms with van der Waals surface area (Å²) < 4.78 is 0. The van der Waals surface area contributed by atoms with Crippen molar-refractivity contribution in [2.45, 2.75) is 12.5 Å². The van der Waals surface area contributed by atoms with Gasteiger partial charge in [0.1, 0.15) is 0 Å². The van der Waals surface area contributed by atoms with Gasteiger partial charge in [0.25, 0.3) is 0 Å². The van der Waals surface area contributed by atoms with Crippen LogP contribution in [0, 0.1) is 0 Å². The molecule has 1 unspecified atom stereocenters. The number of halogens is 2. The number of rotatable bonds is 0. The number of fused-ring (bicyclic) bond motifs is 1. The molecule has 1 aliphatic rings. The Morgan fingerprint density at radius 1 is 1.21 bits per heavy atom. The Balaban J connectivity index is 0.000000845. The van der Waals surface area contributed by atoms with E-state index in [0.29, 0.717) is 0 Å². The zero-order valence-electron chi connectivity index (χ0n) is 7.90. The first kappa shape index (κ1) is 14.1. The zero-order valence-corrected chi connectivity index (χ0v) is 11.3. The molecule has 0 aliphatic carbocycles. The molecule has 4 heteroatoms. The largest absolute Gasteiger partial charge is 0.323 e. The number of hydrogen-bond donors (Lipinski definition) is 2. The van der Waals surface area contributed by atoms with E-state index in [4.69, 9.17) is 5.73 Å². The van der Waals surface area contributed by atoms with Crippen molar-refractivity contribution in [3.05, 3.63) is 35.4 Å². The lowest BCUT2D eigenvalue weighted by atomic mass is 10.0. The first-order valence-electron chi connectivity index (χ1n) is 4.42. The van der Waals surface area contributed by atoms with Crippen LogP contribution < -0.4 is 11.1 Å².